The fourth-order valence-corrected chi connectivity index (χ4v) is 6.19. The Labute approximate surface area is 178 Å². The molecule has 2 saturated heterocycles. The number of benzene rings is 1. The Bertz CT molecular complexity index is 1000. The molecule has 1 aromatic heterocycles. The second kappa shape index (κ2) is 8.66. The average Bonchev–Trinajstić information content (AvgIpc) is 3.36. The number of nitrogens with one attached hydrogen (secondary N) is 1. The Balaban J connectivity index is 1.39. The molecule has 1 N–H and O–H groups in total. The van der Waals surface area contributed by atoms with E-state index in [2.05, 4.69) is 15.4 Å². The molecule has 1 aromatic carbocycles. The molecule has 4 rings (SSSR count). The van der Waals surface area contributed by atoms with Crippen molar-refractivity contribution in [2.45, 2.75) is 19.3 Å². The Morgan fingerprint density at radius 2 is 2.13 bits per heavy atom. The van der Waals surface area contributed by atoms with Crippen molar-refractivity contribution in [1.29, 1.82) is 0 Å². The fraction of sp³-hybridized carbons (Fsp3) is 0.474. The molecule has 0 spiro atoms. The molecule has 2 aliphatic rings. The maximum absolute atomic E-state index is 14.9. The number of amides is 2. The Morgan fingerprint density at radius 1 is 1.35 bits per heavy atom. The number of carbonyl (C=O) groups excluding carboxylic acids is 2. The van der Waals surface area contributed by atoms with Crippen molar-refractivity contribution in [2.24, 2.45) is 0 Å². The van der Waals surface area contributed by atoms with Crippen molar-refractivity contribution in [3.05, 3.63) is 36.7 Å². The van der Waals surface area contributed by atoms with E-state index >= 15 is 0 Å². The lowest BCUT2D eigenvalue weighted by atomic mass is 10.2. The smallest absolute Gasteiger partial charge is 0.414 e. The highest BCUT2D eigenvalue weighted by Gasteiger charge is 2.34. The normalized spacial score (nSPS) is 20.6. The Kier molecular flexibility index (Phi) is 5.95. The Hall–Kier alpha value is -2.94. The molecule has 0 saturated carbocycles. The minimum absolute atomic E-state index is 0.209. The van der Waals surface area contributed by atoms with Crippen molar-refractivity contribution in [3.8, 4) is 0 Å². The molecular formula is C19H24FN6O4P. The predicted octanol–water partition coefficient (Wildman–Crippen LogP) is 1.72. The minimum Gasteiger partial charge on any atom is -0.442 e. The monoisotopic (exact) mass is 450 g/mol. The van der Waals surface area contributed by atoms with Crippen LogP contribution in [0.25, 0.3) is 0 Å². The number of cyclic esters (lactones) is 1. The van der Waals surface area contributed by atoms with Gasteiger partial charge in [0.05, 0.1) is 30.8 Å². The highest BCUT2D eigenvalue weighted by Crippen LogP contribution is 2.49. The summed E-state index contributed by atoms with van der Waals surface area (Å²) in [5, 5.41) is 6.63. The topological polar surface area (TPSA) is 110 Å². The molecule has 10 nitrogen and oxygen atoms in total. The number of hydrogen-bond donors (Lipinski definition) is 1. The van der Waals surface area contributed by atoms with Crippen LogP contribution in [-0.2, 0) is 20.4 Å². The highest BCUT2D eigenvalue weighted by molar-refractivity contribution is 7.63. The number of hydrogen-bond acceptors (Lipinski definition) is 7. The van der Waals surface area contributed by atoms with Crippen LogP contribution in [0.3, 0.4) is 0 Å². The molecule has 2 aliphatic heterocycles. The standard InChI is InChI=1S/C19H24FN6O4P/c1-14(27)22-9-16-10-26(19(28)30-16)15-2-3-18(17(20)8-15)24-4-6-31(29,7-5-24)13-25-12-21-11-23-25/h2-3,8,11-12,16H,4-7,9-10,13H2,1H3,(H,22,27)/t16-/m0/s1. The zero-order valence-electron chi connectivity index (χ0n) is 17.1. The van der Waals surface area contributed by atoms with Crippen LogP contribution < -0.4 is 15.1 Å². The number of anilines is 2. The summed E-state index contributed by atoms with van der Waals surface area (Å²) in [4.78, 5) is 30.3. The molecule has 0 bridgehead atoms. The summed E-state index contributed by atoms with van der Waals surface area (Å²) < 4.78 is 34.8. The maximum atomic E-state index is 14.9. The number of ether oxygens (including phenoxy) is 1. The van der Waals surface area contributed by atoms with Crippen LogP contribution in [0.2, 0.25) is 0 Å². The summed E-state index contributed by atoms with van der Waals surface area (Å²) in [6, 6.07) is 4.61. The van der Waals surface area contributed by atoms with Gasteiger partial charge in [0.2, 0.25) is 5.91 Å². The average molecular weight is 450 g/mol. The second-order valence-electron chi connectivity index (χ2n) is 7.76. The minimum atomic E-state index is -2.43. The van der Waals surface area contributed by atoms with E-state index in [1.54, 1.807) is 23.1 Å². The third-order valence-corrected chi connectivity index (χ3v) is 8.30. The lowest BCUT2D eigenvalue weighted by molar-refractivity contribution is -0.119. The van der Waals surface area contributed by atoms with E-state index in [4.69, 9.17) is 4.74 Å². The zero-order chi connectivity index (χ0) is 22.0. The number of nitrogens with zero attached hydrogens (tertiary/aromatic N) is 5. The maximum Gasteiger partial charge on any atom is 0.414 e. The summed E-state index contributed by atoms with van der Waals surface area (Å²) in [6.07, 6.45) is 3.19. The SMILES string of the molecule is CC(=O)NC[C@H]1CN(c2ccc(N3CCP(=O)(Cn4cncn4)CC3)c(F)c2)C(=O)O1. The van der Waals surface area contributed by atoms with E-state index in [0.717, 1.165) is 0 Å². The van der Waals surface area contributed by atoms with E-state index in [1.165, 1.54) is 24.2 Å². The summed E-state index contributed by atoms with van der Waals surface area (Å²) in [7, 11) is -2.43. The molecule has 0 aliphatic carbocycles. The van der Waals surface area contributed by atoms with Crippen molar-refractivity contribution >= 4 is 30.5 Å². The molecule has 166 valence electrons. The van der Waals surface area contributed by atoms with Crippen LogP contribution in [-0.4, -0.2) is 71.4 Å². The summed E-state index contributed by atoms with van der Waals surface area (Å²) in [6.45, 7) is 2.78. The number of halogens is 1. The molecule has 2 amide bonds. The van der Waals surface area contributed by atoms with Crippen LogP contribution in [0, 0.1) is 5.82 Å². The number of carbonyl (C=O) groups is 2. The largest absolute Gasteiger partial charge is 0.442 e. The van der Waals surface area contributed by atoms with Crippen LogP contribution in [0.5, 0.6) is 0 Å². The van der Waals surface area contributed by atoms with Gasteiger partial charge in [-0.2, -0.15) is 5.10 Å². The molecule has 0 radical (unpaired) electrons. The van der Waals surface area contributed by atoms with E-state index in [9.17, 15) is 18.5 Å². The number of rotatable bonds is 6. The van der Waals surface area contributed by atoms with Gasteiger partial charge in [0.1, 0.15) is 31.7 Å². The molecule has 31 heavy (non-hydrogen) atoms. The summed E-state index contributed by atoms with van der Waals surface area (Å²) in [5.41, 5.74) is 0.809. The number of aromatic nitrogens is 3. The van der Waals surface area contributed by atoms with Crippen molar-refractivity contribution in [3.63, 3.8) is 0 Å². The van der Waals surface area contributed by atoms with E-state index in [-0.39, 0.29) is 19.0 Å². The highest BCUT2D eigenvalue weighted by atomic mass is 31.2. The second-order valence-corrected chi connectivity index (χ2v) is 11.1. The molecule has 3 heterocycles. The lowest BCUT2D eigenvalue weighted by Gasteiger charge is -2.34. The lowest BCUT2D eigenvalue weighted by Crippen LogP contribution is -2.36. The van der Waals surface area contributed by atoms with Gasteiger partial charge in [-0.25, -0.2) is 18.9 Å². The first-order valence-electron chi connectivity index (χ1n) is 9.99. The third-order valence-electron chi connectivity index (χ3n) is 5.46. The van der Waals surface area contributed by atoms with Crippen LogP contribution >= 0.6 is 7.14 Å². The van der Waals surface area contributed by atoms with Crippen LogP contribution in [0.15, 0.2) is 30.9 Å². The summed E-state index contributed by atoms with van der Waals surface area (Å²) in [5.74, 6) is -0.666. The van der Waals surface area contributed by atoms with E-state index in [0.29, 0.717) is 43.1 Å². The van der Waals surface area contributed by atoms with Gasteiger partial charge in [0.25, 0.3) is 0 Å². The first kappa shape index (κ1) is 21.3. The molecule has 12 heteroatoms. The van der Waals surface area contributed by atoms with Gasteiger partial charge in [-0.3, -0.25) is 9.69 Å². The molecular weight excluding hydrogens is 426 g/mol. The summed E-state index contributed by atoms with van der Waals surface area (Å²) >= 11 is 0. The van der Waals surface area contributed by atoms with Crippen LogP contribution in [0.1, 0.15) is 6.92 Å². The first-order valence-corrected chi connectivity index (χ1v) is 12.3. The van der Waals surface area contributed by atoms with E-state index < -0.39 is 25.2 Å². The van der Waals surface area contributed by atoms with Gasteiger partial charge in [-0.05, 0) is 18.2 Å². The van der Waals surface area contributed by atoms with Gasteiger partial charge < -0.3 is 19.5 Å². The van der Waals surface area contributed by atoms with Gasteiger partial charge in [-0.1, -0.05) is 0 Å². The van der Waals surface area contributed by atoms with Crippen molar-refractivity contribution < 1.29 is 23.3 Å². The molecule has 2 fully saturated rings. The predicted molar refractivity (Wildman–Crippen MR) is 112 cm³/mol. The van der Waals surface area contributed by atoms with Gasteiger partial charge >= 0.3 is 6.09 Å². The molecule has 1 atom stereocenters. The van der Waals surface area contributed by atoms with Crippen LogP contribution in [0.4, 0.5) is 20.6 Å². The van der Waals surface area contributed by atoms with Gasteiger partial charge in [0.15, 0.2) is 0 Å². The first-order chi connectivity index (χ1) is 14.8. The quantitative estimate of drug-likeness (QED) is 0.668. The fourth-order valence-electron chi connectivity index (χ4n) is 3.80. The van der Waals surface area contributed by atoms with Crippen molar-refractivity contribution in [1.82, 2.24) is 20.1 Å². The van der Waals surface area contributed by atoms with Gasteiger partial charge in [-0.15, -0.1) is 0 Å². The van der Waals surface area contributed by atoms with Gasteiger partial charge in [0, 0.05) is 32.3 Å². The third kappa shape index (κ3) is 4.87. The van der Waals surface area contributed by atoms with Crippen molar-refractivity contribution in [2.75, 3.05) is 48.3 Å². The van der Waals surface area contributed by atoms with E-state index in [1.807, 2.05) is 4.90 Å². The Morgan fingerprint density at radius 3 is 2.77 bits per heavy atom. The molecule has 0 unspecified atom stereocenters. The molecule has 2 aromatic rings. The zero-order valence-corrected chi connectivity index (χ0v) is 18.0.